The van der Waals surface area contributed by atoms with E-state index < -0.39 is 27.7 Å². The number of rotatable bonds is 5. The molecule has 1 saturated heterocycles. The fraction of sp³-hybridized carbons (Fsp3) is 0.571. The molecule has 186 valence electrons. The monoisotopic (exact) mass is 520 g/mol. The number of nitrogens with zero attached hydrogens (tertiary/aromatic N) is 4. The van der Waals surface area contributed by atoms with Crippen LogP contribution in [0, 0.1) is 0 Å². The molecule has 0 radical (unpaired) electrons. The maximum atomic E-state index is 12.9. The normalized spacial score (nSPS) is 21.8. The molecule has 2 aliphatic heterocycles. The third kappa shape index (κ3) is 4.86. The first kappa shape index (κ1) is 25.1. The number of carbonyl (C=O) groups is 1. The fourth-order valence-corrected chi connectivity index (χ4v) is 6.58. The van der Waals surface area contributed by atoms with Gasteiger partial charge in [0.05, 0.1) is 16.1 Å². The molecular weight excluding hydrogens is 495 g/mol. The first-order valence-corrected chi connectivity index (χ1v) is 12.8. The summed E-state index contributed by atoms with van der Waals surface area (Å²) in [6, 6.07) is 2.68. The summed E-state index contributed by atoms with van der Waals surface area (Å²) in [5.41, 5.74) is -1.26. The lowest BCUT2D eigenvalue weighted by molar-refractivity contribution is -0.532. The highest BCUT2D eigenvalue weighted by molar-refractivity contribution is 8.04. The standard InChI is InChI=1S/C21H25ClF3N5O3S/c1-28-13-18(27-28)34(32,33)30-10-8-29(9-11-30)20(6-2-3-7-20)14-26-19(31)16-5-4-15(12-17(16)22)21(23,24)25/h4-5,12H,1-3,6-11,13-14H2/p+1. The van der Waals surface area contributed by atoms with E-state index in [4.69, 9.17) is 11.6 Å². The molecule has 0 spiro atoms. The Balaban J connectivity index is 1.40. The largest absolute Gasteiger partial charge is 0.416 e. The van der Waals surface area contributed by atoms with E-state index in [0.717, 1.165) is 43.9 Å². The third-order valence-corrected chi connectivity index (χ3v) is 8.94. The minimum atomic E-state index is -4.54. The van der Waals surface area contributed by atoms with E-state index in [9.17, 15) is 26.4 Å². The van der Waals surface area contributed by atoms with Crippen LogP contribution in [0.15, 0.2) is 23.3 Å². The lowest BCUT2D eigenvalue weighted by Gasteiger charge is -2.45. The number of hydrogen-bond acceptors (Lipinski definition) is 5. The molecule has 1 amide bonds. The van der Waals surface area contributed by atoms with Gasteiger partial charge < -0.3 is 5.32 Å². The number of halogens is 4. The van der Waals surface area contributed by atoms with Crippen LogP contribution >= 0.6 is 11.6 Å². The van der Waals surface area contributed by atoms with E-state index in [1.54, 1.807) is 0 Å². The van der Waals surface area contributed by atoms with Crippen LogP contribution in [0.5, 0.6) is 0 Å². The number of nitrogens with one attached hydrogen (secondary N) is 1. The first-order chi connectivity index (χ1) is 15.9. The lowest BCUT2D eigenvalue weighted by atomic mass is 9.93. The van der Waals surface area contributed by atoms with Crippen molar-refractivity contribution in [1.82, 2.24) is 14.5 Å². The molecule has 0 aromatic heterocycles. The Morgan fingerprint density at radius 3 is 2.35 bits per heavy atom. The molecule has 34 heavy (non-hydrogen) atoms. The quantitative estimate of drug-likeness (QED) is 0.604. The Morgan fingerprint density at radius 1 is 1.21 bits per heavy atom. The zero-order chi connectivity index (χ0) is 24.7. The van der Waals surface area contributed by atoms with Gasteiger partial charge in [-0.2, -0.15) is 17.5 Å². The Hall–Kier alpha value is -2.02. The molecule has 1 aliphatic carbocycles. The van der Waals surface area contributed by atoms with Gasteiger partial charge in [-0.05, 0) is 31.0 Å². The second kappa shape index (κ2) is 9.21. The average molecular weight is 521 g/mol. The highest BCUT2D eigenvalue weighted by Crippen LogP contribution is 2.36. The van der Waals surface area contributed by atoms with E-state index in [0.29, 0.717) is 32.7 Å². The predicted molar refractivity (Wildman–Crippen MR) is 122 cm³/mol. The van der Waals surface area contributed by atoms with Gasteiger partial charge in [-0.25, -0.2) is 8.42 Å². The van der Waals surface area contributed by atoms with E-state index in [1.165, 1.54) is 8.99 Å². The van der Waals surface area contributed by atoms with E-state index in [2.05, 4.69) is 22.0 Å². The number of alkyl halides is 3. The maximum absolute atomic E-state index is 12.9. The summed E-state index contributed by atoms with van der Waals surface area (Å²) < 4.78 is 66.8. The van der Waals surface area contributed by atoms with Crippen LogP contribution in [0.2, 0.25) is 5.02 Å². The van der Waals surface area contributed by atoms with Crippen LogP contribution in [-0.4, -0.2) is 84.8 Å². The van der Waals surface area contributed by atoms with Gasteiger partial charge in [-0.1, -0.05) is 29.1 Å². The molecule has 1 N–H and O–H groups in total. The summed E-state index contributed by atoms with van der Waals surface area (Å²) >= 11 is 5.97. The molecule has 0 bridgehead atoms. The fourth-order valence-electron chi connectivity index (χ4n) is 4.84. The number of hydrazone groups is 1. The Labute approximate surface area is 201 Å². The number of hydrogen-bond donors (Lipinski definition) is 1. The molecule has 0 atom stereocenters. The van der Waals surface area contributed by atoms with Gasteiger partial charge in [0.25, 0.3) is 21.0 Å². The molecule has 1 saturated carbocycles. The van der Waals surface area contributed by atoms with Crippen molar-refractivity contribution in [2.75, 3.05) is 39.3 Å². The summed E-state index contributed by atoms with van der Waals surface area (Å²) in [6.45, 7) is 5.73. The summed E-state index contributed by atoms with van der Waals surface area (Å²) in [5, 5.41) is 6.57. The van der Waals surface area contributed by atoms with Gasteiger partial charge in [0.2, 0.25) is 6.54 Å². The molecule has 1 aromatic rings. The number of piperazine rings is 1. The number of amides is 1. The van der Waals surface area contributed by atoms with Gasteiger partial charge in [-0.15, -0.1) is 0 Å². The SMILES string of the molecule is C=[N+]1CC(S(=O)(=O)N2CCN(C3(CNC(=O)c4ccc(C(F)(F)F)cc4Cl)CCCC3)CC2)=N1. The van der Waals surface area contributed by atoms with E-state index in [1.807, 2.05) is 0 Å². The van der Waals surface area contributed by atoms with Crippen molar-refractivity contribution >= 4 is 39.3 Å². The zero-order valence-electron chi connectivity index (χ0n) is 18.4. The predicted octanol–water partition coefficient (Wildman–Crippen LogP) is 2.39. The molecule has 2 fully saturated rings. The lowest BCUT2D eigenvalue weighted by Crippen LogP contribution is -2.61. The van der Waals surface area contributed by atoms with Gasteiger partial charge in [0.1, 0.15) is 0 Å². The molecule has 13 heteroatoms. The summed E-state index contributed by atoms with van der Waals surface area (Å²) in [6.07, 6.45) is -0.911. The molecule has 4 rings (SSSR count). The Bertz CT molecular complexity index is 1120. The Morgan fingerprint density at radius 2 is 1.82 bits per heavy atom. The van der Waals surface area contributed by atoms with Crippen LogP contribution in [0.4, 0.5) is 13.2 Å². The zero-order valence-corrected chi connectivity index (χ0v) is 20.0. The first-order valence-electron chi connectivity index (χ1n) is 11.0. The van der Waals surface area contributed by atoms with Crippen molar-refractivity contribution in [1.29, 1.82) is 0 Å². The molecule has 1 aromatic carbocycles. The third-order valence-electron chi connectivity index (χ3n) is 6.77. The molecule has 0 unspecified atom stereocenters. The minimum Gasteiger partial charge on any atom is -0.350 e. The van der Waals surface area contributed by atoms with Gasteiger partial charge in [0.15, 0.2) is 6.72 Å². The average Bonchev–Trinajstić information content (AvgIpc) is 3.25. The molecule has 8 nitrogen and oxygen atoms in total. The van der Waals surface area contributed by atoms with Crippen LogP contribution < -0.4 is 5.32 Å². The topological polar surface area (TPSA) is 85.1 Å². The van der Waals surface area contributed by atoms with Crippen LogP contribution in [0.25, 0.3) is 0 Å². The van der Waals surface area contributed by atoms with Crippen molar-refractivity contribution in [2.45, 2.75) is 37.4 Å². The van der Waals surface area contributed by atoms with Crippen molar-refractivity contribution in [3.05, 3.63) is 34.3 Å². The second-order valence-corrected chi connectivity index (χ2v) is 11.2. The van der Waals surface area contributed by atoms with E-state index in [-0.39, 0.29) is 27.7 Å². The van der Waals surface area contributed by atoms with Crippen molar-refractivity contribution in [3.63, 3.8) is 0 Å². The number of benzene rings is 1. The summed E-state index contributed by atoms with van der Waals surface area (Å²) in [7, 11) is -3.60. The highest BCUT2D eigenvalue weighted by Gasteiger charge is 2.45. The van der Waals surface area contributed by atoms with Crippen molar-refractivity contribution < 1.29 is 31.1 Å². The number of carbonyl (C=O) groups excluding carboxylic acids is 1. The van der Waals surface area contributed by atoms with Gasteiger partial charge in [0, 0.05) is 43.4 Å². The smallest absolute Gasteiger partial charge is 0.350 e. The molecular formula is C21H26ClF3N5O3S+. The van der Waals surface area contributed by atoms with Crippen LogP contribution in [0.3, 0.4) is 0 Å². The minimum absolute atomic E-state index is 0.0144. The van der Waals surface area contributed by atoms with E-state index >= 15 is 0 Å². The Kier molecular flexibility index (Phi) is 6.80. The molecule has 2 heterocycles. The summed E-state index contributed by atoms with van der Waals surface area (Å²) in [5.74, 6) is -0.535. The van der Waals surface area contributed by atoms with Crippen molar-refractivity contribution in [2.24, 2.45) is 5.10 Å². The van der Waals surface area contributed by atoms with Gasteiger partial charge >= 0.3 is 6.18 Å². The summed E-state index contributed by atoms with van der Waals surface area (Å²) in [4.78, 5) is 14.9. The maximum Gasteiger partial charge on any atom is 0.416 e. The van der Waals surface area contributed by atoms with Gasteiger partial charge in [-0.3, -0.25) is 9.69 Å². The van der Waals surface area contributed by atoms with Crippen molar-refractivity contribution in [3.8, 4) is 0 Å². The molecule has 3 aliphatic rings. The van der Waals surface area contributed by atoms with Crippen LogP contribution in [-0.2, 0) is 16.2 Å². The highest BCUT2D eigenvalue weighted by atomic mass is 35.5. The van der Waals surface area contributed by atoms with Crippen LogP contribution in [0.1, 0.15) is 41.6 Å². The second-order valence-electron chi connectivity index (χ2n) is 8.86. The number of sulfonamides is 1.